The maximum Gasteiger partial charge on any atom is 0.322 e. The first-order chi connectivity index (χ1) is 17.4. The summed E-state index contributed by atoms with van der Waals surface area (Å²) in [6.07, 6.45) is 6.06. The van der Waals surface area contributed by atoms with Crippen LogP contribution in [-0.4, -0.2) is 68.2 Å². The second kappa shape index (κ2) is 9.29. The van der Waals surface area contributed by atoms with Crippen LogP contribution in [0.3, 0.4) is 0 Å². The summed E-state index contributed by atoms with van der Waals surface area (Å²) in [5.41, 5.74) is 6.97. The number of urea groups is 1. The van der Waals surface area contributed by atoms with Crippen molar-refractivity contribution in [3.05, 3.63) is 61.0 Å². The number of nitrogens with two attached hydrogens (primary N) is 1. The first-order valence-electron chi connectivity index (χ1n) is 11.5. The second-order valence-corrected chi connectivity index (χ2v) is 8.63. The van der Waals surface area contributed by atoms with E-state index in [0.29, 0.717) is 35.8 Å². The Morgan fingerprint density at radius 2 is 2.08 bits per heavy atom. The standard InChI is InChI=1S/C24H25FN8O3/c1-2-18(34)31-9-4-7-17(31)22-29-23(20-21(26)27-8-10-33(20)22)32-12-11-30(14-19(32)35)24(36)28-16-6-3-5-15(25)13-16/h2-3,5-6,8,10,13,17H,1,4,7,9,11-12,14H2,(H2,26,27)(H,28,36). The molecule has 2 saturated heterocycles. The highest BCUT2D eigenvalue weighted by Gasteiger charge is 2.36. The molecule has 2 aromatic heterocycles. The lowest BCUT2D eigenvalue weighted by atomic mass is 10.2. The average Bonchev–Trinajstić information content (AvgIpc) is 3.49. The number of likely N-dealkylation sites (tertiary alicyclic amines) is 1. The molecule has 186 valence electrons. The van der Waals surface area contributed by atoms with Crippen LogP contribution < -0.4 is 16.0 Å². The molecule has 1 atom stereocenters. The number of carbonyl (C=O) groups is 3. The molecule has 4 amide bonds. The molecular formula is C24H25FN8O3. The summed E-state index contributed by atoms with van der Waals surface area (Å²) < 4.78 is 15.2. The Labute approximate surface area is 206 Å². The fourth-order valence-corrected chi connectivity index (χ4v) is 4.75. The minimum Gasteiger partial charge on any atom is -0.382 e. The van der Waals surface area contributed by atoms with Crippen LogP contribution in [0.5, 0.6) is 0 Å². The number of amides is 4. The zero-order valence-corrected chi connectivity index (χ0v) is 19.4. The number of nitrogen functional groups attached to an aromatic ring is 1. The molecule has 2 aliphatic heterocycles. The number of nitrogens with one attached hydrogen (secondary N) is 1. The summed E-state index contributed by atoms with van der Waals surface area (Å²) in [5, 5.41) is 2.61. The lowest BCUT2D eigenvalue weighted by molar-refractivity contribution is -0.127. The number of hydrogen-bond acceptors (Lipinski definition) is 6. The number of piperazine rings is 1. The van der Waals surface area contributed by atoms with E-state index in [1.165, 1.54) is 34.1 Å². The first kappa shape index (κ1) is 23.3. The van der Waals surface area contributed by atoms with Crippen molar-refractivity contribution in [2.24, 2.45) is 0 Å². The normalized spacial score (nSPS) is 18.1. The van der Waals surface area contributed by atoms with Crippen molar-refractivity contribution in [3.63, 3.8) is 0 Å². The average molecular weight is 493 g/mol. The van der Waals surface area contributed by atoms with Crippen LogP contribution in [0, 0.1) is 5.82 Å². The van der Waals surface area contributed by atoms with Crippen molar-refractivity contribution in [1.82, 2.24) is 24.2 Å². The van der Waals surface area contributed by atoms with Crippen LogP contribution in [0.15, 0.2) is 49.3 Å². The number of aromatic nitrogens is 3. The van der Waals surface area contributed by atoms with Gasteiger partial charge >= 0.3 is 6.03 Å². The Balaban J connectivity index is 1.41. The number of carbonyl (C=O) groups excluding carboxylic acids is 3. The molecule has 4 heterocycles. The van der Waals surface area contributed by atoms with E-state index < -0.39 is 11.8 Å². The third-order valence-corrected chi connectivity index (χ3v) is 6.44. The number of halogens is 1. The number of hydrogen-bond donors (Lipinski definition) is 2. The highest BCUT2D eigenvalue weighted by atomic mass is 19.1. The Bertz CT molecular complexity index is 1370. The van der Waals surface area contributed by atoms with E-state index in [-0.39, 0.29) is 43.3 Å². The molecule has 0 saturated carbocycles. The monoisotopic (exact) mass is 492 g/mol. The molecule has 0 aliphatic carbocycles. The first-order valence-corrected chi connectivity index (χ1v) is 11.5. The van der Waals surface area contributed by atoms with Gasteiger partial charge in [0.2, 0.25) is 11.8 Å². The zero-order valence-electron chi connectivity index (χ0n) is 19.4. The molecule has 5 rings (SSSR count). The van der Waals surface area contributed by atoms with Gasteiger partial charge in [0.1, 0.15) is 23.7 Å². The number of imidazole rings is 1. The quantitative estimate of drug-likeness (QED) is 0.537. The van der Waals surface area contributed by atoms with Crippen molar-refractivity contribution < 1.29 is 18.8 Å². The number of benzene rings is 1. The predicted octanol–water partition coefficient (Wildman–Crippen LogP) is 2.18. The van der Waals surface area contributed by atoms with E-state index >= 15 is 0 Å². The number of rotatable bonds is 4. The lowest BCUT2D eigenvalue weighted by Crippen LogP contribution is -2.53. The zero-order chi connectivity index (χ0) is 25.4. The van der Waals surface area contributed by atoms with E-state index in [2.05, 4.69) is 16.9 Å². The largest absolute Gasteiger partial charge is 0.382 e. The summed E-state index contributed by atoms with van der Waals surface area (Å²) >= 11 is 0. The van der Waals surface area contributed by atoms with Gasteiger partial charge in [0.25, 0.3) is 0 Å². The summed E-state index contributed by atoms with van der Waals surface area (Å²) in [7, 11) is 0. The van der Waals surface area contributed by atoms with Crippen LogP contribution in [0.1, 0.15) is 24.7 Å². The maximum atomic E-state index is 13.4. The molecule has 0 radical (unpaired) electrons. The van der Waals surface area contributed by atoms with Crippen LogP contribution in [0.25, 0.3) is 5.52 Å². The molecular weight excluding hydrogens is 467 g/mol. The van der Waals surface area contributed by atoms with Gasteiger partial charge in [-0.1, -0.05) is 12.6 Å². The molecule has 1 aromatic carbocycles. The highest BCUT2D eigenvalue weighted by molar-refractivity contribution is 6.02. The number of fused-ring (bicyclic) bond motifs is 1. The number of nitrogens with zero attached hydrogens (tertiary/aromatic N) is 6. The molecule has 12 heteroatoms. The van der Waals surface area contributed by atoms with E-state index in [0.717, 1.165) is 6.42 Å². The molecule has 0 bridgehead atoms. The SMILES string of the molecule is C=CC(=O)N1CCCC1c1nc(N2CCN(C(=O)Nc3cccc(F)c3)CC2=O)c2c(N)nccn12. The number of anilines is 3. The maximum absolute atomic E-state index is 13.4. The van der Waals surface area contributed by atoms with Gasteiger partial charge in [0.15, 0.2) is 11.6 Å². The van der Waals surface area contributed by atoms with Gasteiger partial charge in [-0.3, -0.25) is 18.9 Å². The summed E-state index contributed by atoms with van der Waals surface area (Å²) in [5.74, 6) is 0.107. The van der Waals surface area contributed by atoms with Gasteiger partial charge in [-0.15, -0.1) is 0 Å². The van der Waals surface area contributed by atoms with E-state index in [4.69, 9.17) is 10.7 Å². The second-order valence-electron chi connectivity index (χ2n) is 8.63. The third-order valence-electron chi connectivity index (χ3n) is 6.44. The van der Waals surface area contributed by atoms with E-state index in [1.807, 2.05) is 0 Å². The molecule has 36 heavy (non-hydrogen) atoms. The topological polar surface area (TPSA) is 129 Å². The van der Waals surface area contributed by atoms with Crippen LogP contribution >= 0.6 is 0 Å². The lowest BCUT2D eigenvalue weighted by Gasteiger charge is -2.33. The van der Waals surface area contributed by atoms with Crippen molar-refractivity contribution in [2.75, 3.05) is 42.1 Å². The van der Waals surface area contributed by atoms with Crippen molar-refractivity contribution >= 4 is 40.7 Å². The fraction of sp³-hybridized carbons (Fsp3) is 0.292. The molecule has 0 spiro atoms. The van der Waals surface area contributed by atoms with Crippen molar-refractivity contribution in [2.45, 2.75) is 18.9 Å². The smallest absolute Gasteiger partial charge is 0.322 e. The Morgan fingerprint density at radius 3 is 2.83 bits per heavy atom. The van der Waals surface area contributed by atoms with Crippen LogP contribution in [0.4, 0.5) is 26.5 Å². The minimum absolute atomic E-state index is 0.176. The summed E-state index contributed by atoms with van der Waals surface area (Å²) in [6, 6.07) is 4.73. The third kappa shape index (κ3) is 4.10. The fourth-order valence-electron chi connectivity index (χ4n) is 4.75. The summed E-state index contributed by atoms with van der Waals surface area (Å²) in [6.45, 7) is 4.38. The predicted molar refractivity (Wildman–Crippen MR) is 131 cm³/mol. The van der Waals surface area contributed by atoms with Crippen LogP contribution in [-0.2, 0) is 9.59 Å². The summed E-state index contributed by atoms with van der Waals surface area (Å²) in [4.78, 5) is 51.8. The Morgan fingerprint density at radius 1 is 1.25 bits per heavy atom. The van der Waals surface area contributed by atoms with Gasteiger partial charge in [0.05, 0.1) is 6.04 Å². The molecule has 3 N–H and O–H groups in total. The van der Waals surface area contributed by atoms with Gasteiger partial charge < -0.3 is 20.9 Å². The Kier molecular flexibility index (Phi) is 6.00. The van der Waals surface area contributed by atoms with Gasteiger partial charge in [-0.2, -0.15) is 0 Å². The van der Waals surface area contributed by atoms with E-state index in [1.54, 1.807) is 27.8 Å². The van der Waals surface area contributed by atoms with Crippen LogP contribution in [0.2, 0.25) is 0 Å². The van der Waals surface area contributed by atoms with Crippen molar-refractivity contribution in [3.8, 4) is 0 Å². The molecule has 1 unspecified atom stereocenters. The molecule has 11 nitrogen and oxygen atoms in total. The van der Waals surface area contributed by atoms with Gasteiger partial charge in [-0.25, -0.2) is 19.2 Å². The molecule has 3 aromatic rings. The van der Waals surface area contributed by atoms with Gasteiger partial charge in [0, 0.05) is 37.7 Å². The Hall–Kier alpha value is -4.48. The van der Waals surface area contributed by atoms with Gasteiger partial charge in [-0.05, 0) is 37.1 Å². The van der Waals surface area contributed by atoms with E-state index in [9.17, 15) is 18.8 Å². The highest BCUT2D eigenvalue weighted by Crippen LogP contribution is 2.36. The minimum atomic E-state index is -0.505. The molecule has 2 fully saturated rings. The van der Waals surface area contributed by atoms with Crippen molar-refractivity contribution in [1.29, 1.82) is 0 Å². The molecule has 2 aliphatic rings.